The molecule has 0 aliphatic heterocycles. The molecule has 5 heteroatoms. The molecule has 1 fully saturated rings. The Kier molecular flexibility index (Phi) is 3.79. The van der Waals surface area contributed by atoms with Gasteiger partial charge in [0.1, 0.15) is 0 Å². The van der Waals surface area contributed by atoms with Crippen molar-refractivity contribution in [3.63, 3.8) is 0 Å². The van der Waals surface area contributed by atoms with Crippen LogP contribution in [0.2, 0.25) is 0 Å². The van der Waals surface area contributed by atoms with Gasteiger partial charge in [-0.3, -0.25) is 10.1 Å². The molecule has 1 aliphatic carbocycles. The van der Waals surface area contributed by atoms with E-state index >= 15 is 0 Å². The normalized spacial score (nSPS) is 23.0. The molecule has 2 rings (SSSR count). The van der Waals surface area contributed by atoms with Crippen LogP contribution in [0.4, 0.5) is 5.00 Å². The molecule has 0 saturated heterocycles. The van der Waals surface area contributed by atoms with Crippen LogP contribution in [0.15, 0.2) is 11.4 Å². The SMILES string of the molecule is CC(C)CNCC1CC1c1csc([N+](=O)[O-])c1. The third-order valence-electron chi connectivity index (χ3n) is 3.10. The van der Waals surface area contributed by atoms with E-state index in [0.717, 1.165) is 18.7 Å². The molecule has 0 radical (unpaired) electrons. The lowest BCUT2D eigenvalue weighted by Crippen LogP contribution is -2.22. The Labute approximate surface area is 105 Å². The van der Waals surface area contributed by atoms with E-state index in [1.54, 1.807) is 6.07 Å². The van der Waals surface area contributed by atoms with Gasteiger partial charge in [0, 0.05) is 11.4 Å². The summed E-state index contributed by atoms with van der Waals surface area (Å²) in [5, 5.41) is 16.2. The summed E-state index contributed by atoms with van der Waals surface area (Å²) in [5.41, 5.74) is 1.15. The second-order valence-corrected chi connectivity index (χ2v) is 6.02. The van der Waals surface area contributed by atoms with Crippen molar-refractivity contribution < 1.29 is 4.92 Å². The summed E-state index contributed by atoms with van der Waals surface area (Å²) >= 11 is 1.24. The highest BCUT2D eigenvalue weighted by atomic mass is 32.1. The van der Waals surface area contributed by atoms with Crippen LogP contribution >= 0.6 is 11.3 Å². The van der Waals surface area contributed by atoms with Crippen LogP contribution in [-0.4, -0.2) is 18.0 Å². The van der Waals surface area contributed by atoms with Gasteiger partial charge in [0.25, 0.3) is 0 Å². The van der Waals surface area contributed by atoms with E-state index in [9.17, 15) is 10.1 Å². The molecule has 0 spiro atoms. The van der Waals surface area contributed by atoms with Gasteiger partial charge in [-0.05, 0) is 42.8 Å². The van der Waals surface area contributed by atoms with Gasteiger partial charge in [0.05, 0.1) is 4.92 Å². The van der Waals surface area contributed by atoms with E-state index in [2.05, 4.69) is 19.2 Å². The van der Waals surface area contributed by atoms with Gasteiger partial charge in [-0.1, -0.05) is 25.2 Å². The molecular formula is C12H18N2O2S. The number of nitro groups is 1. The average molecular weight is 254 g/mol. The van der Waals surface area contributed by atoms with Crippen molar-refractivity contribution in [3.05, 3.63) is 27.1 Å². The summed E-state index contributed by atoms with van der Waals surface area (Å²) in [5.74, 6) is 1.89. The van der Waals surface area contributed by atoms with E-state index in [-0.39, 0.29) is 9.92 Å². The summed E-state index contributed by atoms with van der Waals surface area (Å²) in [6, 6.07) is 1.73. The number of nitrogens with one attached hydrogen (secondary N) is 1. The molecule has 0 aromatic carbocycles. The van der Waals surface area contributed by atoms with Crippen molar-refractivity contribution in [2.24, 2.45) is 11.8 Å². The Hall–Kier alpha value is -0.940. The molecule has 2 unspecified atom stereocenters. The molecule has 94 valence electrons. The first-order chi connectivity index (χ1) is 8.08. The van der Waals surface area contributed by atoms with Crippen LogP contribution in [0, 0.1) is 22.0 Å². The van der Waals surface area contributed by atoms with E-state index in [0.29, 0.717) is 17.8 Å². The summed E-state index contributed by atoms with van der Waals surface area (Å²) < 4.78 is 0. The Morgan fingerprint density at radius 3 is 3.00 bits per heavy atom. The average Bonchev–Trinajstić information content (AvgIpc) is 2.85. The minimum absolute atomic E-state index is 0.265. The Bertz CT molecular complexity index is 403. The van der Waals surface area contributed by atoms with E-state index in [1.165, 1.54) is 17.8 Å². The number of nitrogens with zero attached hydrogens (tertiary/aromatic N) is 1. The highest BCUT2D eigenvalue weighted by Gasteiger charge is 2.38. The molecule has 1 heterocycles. The van der Waals surface area contributed by atoms with Crippen molar-refractivity contribution in [1.82, 2.24) is 5.32 Å². The summed E-state index contributed by atoms with van der Waals surface area (Å²) in [6.07, 6.45) is 1.17. The fraction of sp³-hybridized carbons (Fsp3) is 0.667. The van der Waals surface area contributed by atoms with Gasteiger partial charge in [-0.25, -0.2) is 0 Å². The van der Waals surface area contributed by atoms with Crippen LogP contribution in [0.3, 0.4) is 0 Å². The first-order valence-corrected chi connectivity index (χ1v) is 6.89. The maximum Gasteiger partial charge on any atom is 0.324 e. The molecule has 1 aromatic rings. The molecule has 1 saturated carbocycles. The number of hydrogen-bond acceptors (Lipinski definition) is 4. The quantitative estimate of drug-likeness (QED) is 0.627. The van der Waals surface area contributed by atoms with Crippen LogP contribution in [0.25, 0.3) is 0 Å². The summed E-state index contributed by atoms with van der Waals surface area (Å²) in [6.45, 7) is 6.47. The molecule has 1 N–H and O–H groups in total. The summed E-state index contributed by atoms with van der Waals surface area (Å²) in [4.78, 5) is 10.3. The Morgan fingerprint density at radius 1 is 1.65 bits per heavy atom. The third kappa shape index (κ3) is 3.26. The predicted octanol–water partition coefficient (Wildman–Crippen LogP) is 3.01. The Balaban J connectivity index is 1.79. The maximum atomic E-state index is 10.6. The van der Waals surface area contributed by atoms with Crippen molar-refractivity contribution in [3.8, 4) is 0 Å². The fourth-order valence-corrected chi connectivity index (χ4v) is 2.86. The molecule has 2 atom stereocenters. The molecule has 17 heavy (non-hydrogen) atoms. The smallest absolute Gasteiger partial charge is 0.316 e. The second-order valence-electron chi connectivity index (χ2n) is 5.13. The van der Waals surface area contributed by atoms with Gasteiger partial charge >= 0.3 is 5.00 Å². The van der Waals surface area contributed by atoms with Crippen LogP contribution < -0.4 is 5.32 Å². The predicted molar refractivity (Wildman–Crippen MR) is 69.5 cm³/mol. The highest BCUT2D eigenvalue weighted by molar-refractivity contribution is 7.13. The zero-order chi connectivity index (χ0) is 12.4. The Morgan fingerprint density at radius 2 is 2.41 bits per heavy atom. The van der Waals surface area contributed by atoms with Crippen LogP contribution in [0.1, 0.15) is 31.7 Å². The second kappa shape index (κ2) is 5.14. The van der Waals surface area contributed by atoms with Gasteiger partial charge in [0.15, 0.2) is 0 Å². The zero-order valence-electron chi connectivity index (χ0n) is 10.2. The van der Waals surface area contributed by atoms with Crippen LogP contribution in [0.5, 0.6) is 0 Å². The first kappa shape index (κ1) is 12.5. The lowest BCUT2D eigenvalue weighted by atomic mass is 10.2. The van der Waals surface area contributed by atoms with Crippen molar-refractivity contribution in [2.75, 3.05) is 13.1 Å². The standard InChI is InChI=1S/C12H18N2O2S/c1-8(2)5-13-6-9-3-11(9)10-4-12(14(15)16)17-7-10/h4,7-9,11,13H,3,5-6H2,1-2H3. The first-order valence-electron chi connectivity index (χ1n) is 6.01. The molecule has 1 aliphatic rings. The zero-order valence-corrected chi connectivity index (χ0v) is 11.0. The third-order valence-corrected chi connectivity index (χ3v) is 3.99. The molecular weight excluding hydrogens is 236 g/mol. The number of hydrogen-bond donors (Lipinski definition) is 1. The van der Waals surface area contributed by atoms with Gasteiger partial charge in [-0.15, -0.1) is 0 Å². The van der Waals surface area contributed by atoms with Gasteiger partial charge < -0.3 is 5.32 Å². The highest BCUT2D eigenvalue weighted by Crippen LogP contribution is 2.48. The molecule has 0 bridgehead atoms. The number of thiophene rings is 1. The molecule has 1 aromatic heterocycles. The largest absolute Gasteiger partial charge is 0.324 e. The van der Waals surface area contributed by atoms with Crippen molar-refractivity contribution in [2.45, 2.75) is 26.2 Å². The van der Waals surface area contributed by atoms with Gasteiger partial charge in [0.2, 0.25) is 0 Å². The minimum Gasteiger partial charge on any atom is -0.316 e. The molecule has 4 nitrogen and oxygen atoms in total. The van der Waals surface area contributed by atoms with E-state index < -0.39 is 0 Å². The van der Waals surface area contributed by atoms with E-state index in [4.69, 9.17) is 0 Å². The number of rotatable bonds is 6. The van der Waals surface area contributed by atoms with Crippen molar-refractivity contribution in [1.29, 1.82) is 0 Å². The maximum absolute atomic E-state index is 10.6. The fourth-order valence-electron chi connectivity index (χ4n) is 2.07. The van der Waals surface area contributed by atoms with Crippen LogP contribution in [-0.2, 0) is 0 Å². The topological polar surface area (TPSA) is 55.2 Å². The minimum atomic E-state index is -0.303. The monoisotopic (exact) mass is 254 g/mol. The lowest BCUT2D eigenvalue weighted by molar-refractivity contribution is -0.380. The molecule has 0 amide bonds. The van der Waals surface area contributed by atoms with Crippen molar-refractivity contribution >= 4 is 16.3 Å². The lowest BCUT2D eigenvalue weighted by Gasteiger charge is -2.06. The summed E-state index contributed by atoms with van der Waals surface area (Å²) in [7, 11) is 0. The van der Waals surface area contributed by atoms with E-state index in [1.807, 2.05) is 5.38 Å². The van der Waals surface area contributed by atoms with Gasteiger partial charge in [-0.2, -0.15) is 0 Å².